The van der Waals surface area contributed by atoms with Crippen molar-refractivity contribution < 1.29 is 4.74 Å². The standard InChI is InChI=1S/C14H19N3O/c1-4-11-9-13(17(2)16-11)14(15)10-5-7-12(18-3)8-6-10/h5-9,14H,4,15H2,1-3H3. The zero-order valence-corrected chi connectivity index (χ0v) is 11.1. The summed E-state index contributed by atoms with van der Waals surface area (Å²) in [6.45, 7) is 2.09. The third kappa shape index (κ3) is 2.38. The lowest BCUT2D eigenvalue weighted by atomic mass is 10.0. The number of nitrogens with zero attached hydrogens (tertiary/aromatic N) is 2. The van der Waals surface area contributed by atoms with Crippen molar-refractivity contribution in [2.45, 2.75) is 19.4 Å². The third-order valence-corrected chi connectivity index (χ3v) is 3.12. The van der Waals surface area contributed by atoms with Crippen LogP contribution in [0.3, 0.4) is 0 Å². The van der Waals surface area contributed by atoms with Gasteiger partial charge in [0.15, 0.2) is 0 Å². The molecule has 0 aliphatic rings. The van der Waals surface area contributed by atoms with E-state index < -0.39 is 0 Å². The Balaban J connectivity index is 2.28. The summed E-state index contributed by atoms with van der Waals surface area (Å²) < 4.78 is 7.00. The highest BCUT2D eigenvalue weighted by atomic mass is 16.5. The number of rotatable bonds is 4. The van der Waals surface area contributed by atoms with Crippen molar-refractivity contribution in [2.75, 3.05) is 7.11 Å². The van der Waals surface area contributed by atoms with Crippen LogP contribution in [-0.4, -0.2) is 16.9 Å². The molecule has 0 aliphatic carbocycles. The van der Waals surface area contributed by atoms with Crippen LogP contribution in [0.4, 0.5) is 0 Å². The minimum Gasteiger partial charge on any atom is -0.497 e. The monoisotopic (exact) mass is 245 g/mol. The average molecular weight is 245 g/mol. The lowest BCUT2D eigenvalue weighted by molar-refractivity contribution is 0.414. The third-order valence-electron chi connectivity index (χ3n) is 3.12. The number of hydrogen-bond donors (Lipinski definition) is 1. The Morgan fingerprint density at radius 3 is 2.50 bits per heavy atom. The molecule has 0 fully saturated rings. The van der Waals surface area contributed by atoms with Gasteiger partial charge in [0.1, 0.15) is 5.75 Å². The van der Waals surface area contributed by atoms with E-state index in [0.29, 0.717) is 0 Å². The SMILES string of the molecule is CCc1cc(C(N)c2ccc(OC)cc2)n(C)n1. The minimum absolute atomic E-state index is 0.159. The highest BCUT2D eigenvalue weighted by Crippen LogP contribution is 2.22. The van der Waals surface area contributed by atoms with Gasteiger partial charge in [-0.05, 0) is 30.2 Å². The van der Waals surface area contributed by atoms with Gasteiger partial charge in [-0.2, -0.15) is 5.10 Å². The highest BCUT2D eigenvalue weighted by Gasteiger charge is 2.14. The van der Waals surface area contributed by atoms with E-state index in [2.05, 4.69) is 18.1 Å². The van der Waals surface area contributed by atoms with Crippen molar-refractivity contribution >= 4 is 0 Å². The molecule has 2 rings (SSSR count). The van der Waals surface area contributed by atoms with Crippen LogP contribution in [0.1, 0.15) is 29.9 Å². The van der Waals surface area contributed by atoms with Gasteiger partial charge in [0.25, 0.3) is 0 Å². The summed E-state index contributed by atoms with van der Waals surface area (Å²) in [6, 6.07) is 9.73. The Kier molecular flexibility index (Phi) is 3.67. The molecule has 4 nitrogen and oxygen atoms in total. The summed E-state index contributed by atoms with van der Waals surface area (Å²) in [5.74, 6) is 0.838. The summed E-state index contributed by atoms with van der Waals surface area (Å²) in [6.07, 6.45) is 0.920. The molecular weight excluding hydrogens is 226 g/mol. The van der Waals surface area contributed by atoms with Crippen LogP contribution in [-0.2, 0) is 13.5 Å². The predicted molar refractivity (Wildman–Crippen MR) is 71.6 cm³/mol. The van der Waals surface area contributed by atoms with E-state index in [-0.39, 0.29) is 6.04 Å². The van der Waals surface area contributed by atoms with Crippen LogP contribution in [0.15, 0.2) is 30.3 Å². The van der Waals surface area contributed by atoms with Gasteiger partial charge in [-0.15, -0.1) is 0 Å². The number of nitrogens with two attached hydrogens (primary N) is 1. The van der Waals surface area contributed by atoms with Crippen LogP contribution < -0.4 is 10.5 Å². The Morgan fingerprint density at radius 1 is 1.33 bits per heavy atom. The fourth-order valence-corrected chi connectivity index (χ4v) is 1.99. The topological polar surface area (TPSA) is 53.1 Å². The maximum Gasteiger partial charge on any atom is 0.118 e. The van der Waals surface area contributed by atoms with Gasteiger partial charge in [-0.25, -0.2) is 0 Å². The first-order valence-corrected chi connectivity index (χ1v) is 6.08. The van der Waals surface area contributed by atoms with Gasteiger partial charge in [0.05, 0.1) is 24.5 Å². The Hall–Kier alpha value is -1.81. The molecule has 18 heavy (non-hydrogen) atoms. The van der Waals surface area contributed by atoms with Gasteiger partial charge in [-0.3, -0.25) is 4.68 Å². The van der Waals surface area contributed by atoms with Crippen molar-refractivity contribution in [1.82, 2.24) is 9.78 Å². The zero-order valence-electron chi connectivity index (χ0n) is 11.1. The maximum atomic E-state index is 6.28. The predicted octanol–water partition coefficient (Wildman–Crippen LogP) is 2.04. The first-order valence-electron chi connectivity index (χ1n) is 6.08. The van der Waals surface area contributed by atoms with Crippen LogP contribution in [0, 0.1) is 0 Å². The van der Waals surface area contributed by atoms with Crippen LogP contribution >= 0.6 is 0 Å². The Bertz CT molecular complexity index is 516. The molecule has 0 radical (unpaired) electrons. The second-order valence-corrected chi connectivity index (χ2v) is 4.29. The molecule has 1 unspecified atom stereocenters. The average Bonchev–Trinajstić information content (AvgIpc) is 2.79. The number of benzene rings is 1. The summed E-state index contributed by atoms with van der Waals surface area (Å²) in [4.78, 5) is 0. The van der Waals surface area contributed by atoms with E-state index in [1.807, 2.05) is 36.0 Å². The van der Waals surface area contributed by atoms with Gasteiger partial charge in [0, 0.05) is 7.05 Å². The second-order valence-electron chi connectivity index (χ2n) is 4.29. The van der Waals surface area contributed by atoms with Crippen molar-refractivity contribution in [3.8, 4) is 5.75 Å². The summed E-state index contributed by atoms with van der Waals surface area (Å²) in [5.41, 5.74) is 9.42. The molecule has 1 aromatic heterocycles. The van der Waals surface area contributed by atoms with Gasteiger partial charge >= 0.3 is 0 Å². The molecule has 0 saturated carbocycles. The molecule has 2 aromatic rings. The largest absolute Gasteiger partial charge is 0.497 e. The maximum absolute atomic E-state index is 6.28. The number of aryl methyl sites for hydroxylation is 2. The first-order chi connectivity index (χ1) is 8.65. The number of ether oxygens (including phenoxy) is 1. The molecule has 0 saturated heterocycles. The summed E-state index contributed by atoms with van der Waals surface area (Å²) in [5, 5.41) is 4.42. The van der Waals surface area contributed by atoms with Crippen molar-refractivity contribution in [3.05, 3.63) is 47.3 Å². The van der Waals surface area contributed by atoms with Gasteiger partial charge < -0.3 is 10.5 Å². The fourth-order valence-electron chi connectivity index (χ4n) is 1.99. The molecule has 0 spiro atoms. The molecule has 1 heterocycles. The smallest absolute Gasteiger partial charge is 0.118 e. The summed E-state index contributed by atoms with van der Waals surface area (Å²) in [7, 11) is 3.58. The highest BCUT2D eigenvalue weighted by molar-refractivity contribution is 5.33. The Morgan fingerprint density at radius 2 is 2.00 bits per heavy atom. The molecule has 1 aromatic carbocycles. The number of aromatic nitrogens is 2. The molecule has 0 amide bonds. The molecule has 0 bridgehead atoms. The molecule has 0 aliphatic heterocycles. The van der Waals surface area contributed by atoms with Crippen molar-refractivity contribution in [1.29, 1.82) is 0 Å². The normalized spacial score (nSPS) is 12.4. The minimum atomic E-state index is -0.159. The van der Waals surface area contributed by atoms with Crippen LogP contribution in [0.25, 0.3) is 0 Å². The van der Waals surface area contributed by atoms with Gasteiger partial charge in [-0.1, -0.05) is 19.1 Å². The van der Waals surface area contributed by atoms with E-state index in [1.165, 1.54) is 0 Å². The summed E-state index contributed by atoms with van der Waals surface area (Å²) >= 11 is 0. The Labute approximate surface area is 107 Å². The van der Waals surface area contributed by atoms with Crippen LogP contribution in [0.5, 0.6) is 5.75 Å². The number of methoxy groups -OCH3 is 1. The molecular formula is C14H19N3O. The van der Waals surface area contributed by atoms with Gasteiger partial charge in [0.2, 0.25) is 0 Å². The second kappa shape index (κ2) is 5.23. The zero-order chi connectivity index (χ0) is 13.1. The van der Waals surface area contributed by atoms with Crippen molar-refractivity contribution in [3.63, 3.8) is 0 Å². The number of hydrogen-bond acceptors (Lipinski definition) is 3. The van der Waals surface area contributed by atoms with Crippen LogP contribution in [0.2, 0.25) is 0 Å². The lowest BCUT2D eigenvalue weighted by Crippen LogP contribution is -2.15. The van der Waals surface area contributed by atoms with Crippen molar-refractivity contribution in [2.24, 2.45) is 12.8 Å². The van der Waals surface area contributed by atoms with E-state index in [9.17, 15) is 0 Å². The quantitative estimate of drug-likeness (QED) is 0.896. The van der Waals surface area contributed by atoms with E-state index in [0.717, 1.165) is 29.1 Å². The molecule has 96 valence electrons. The van der Waals surface area contributed by atoms with E-state index in [4.69, 9.17) is 10.5 Å². The van der Waals surface area contributed by atoms with E-state index >= 15 is 0 Å². The lowest BCUT2D eigenvalue weighted by Gasteiger charge is -2.12. The molecule has 2 N–H and O–H groups in total. The molecule has 4 heteroatoms. The first kappa shape index (κ1) is 12.6. The fraction of sp³-hybridized carbons (Fsp3) is 0.357. The van der Waals surface area contributed by atoms with E-state index in [1.54, 1.807) is 7.11 Å². The molecule has 1 atom stereocenters.